The minimum atomic E-state index is 1.09. The molecule has 1 aliphatic rings. The van der Waals surface area contributed by atoms with Crippen molar-refractivity contribution in [2.45, 2.75) is 84.0 Å². The lowest BCUT2D eigenvalue weighted by Gasteiger charge is -2.19. The van der Waals surface area contributed by atoms with E-state index in [1.165, 1.54) is 77.0 Å². The van der Waals surface area contributed by atoms with Gasteiger partial charge in [-0.3, -0.25) is 0 Å². The van der Waals surface area contributed by atoms with Crippen LogP contribution in [0.3, 0.4) is 0 Å². The van der Waals surface area contributed by atoms with E-state index in [1.807, 2.05) is 0 Å². The molecule has 0 bridgehead atoms. The van der Waals surface area contributed by atoms with Crippen LogP contribution >= 0.6 is 0 Å². The SMILES string of the molecule is CCCCCCC1CCCCCCC1. The van der Waals surface area contributed by atoms with Crippen molar-refractivity contribution in [1.29, 1.82) is 0 Å². The molecule has 1 saturated carbocycles. The van der Waals surface area contributed by atoms with Crippen LogP contribution in [-0.2, 0) is 0 Å². The van der Waals surface area contributed by atoms with Gasteiger partial charge >= 0.3 is 0 Å². The molecule has 0 atom stereocenters. The van der Waals surface area contributed by atoms with Gasteiger partial charge < -0.3 is 0 Å². The minimum absolute atomic E-state index is 1.09. The molecule has 0 radical (unpaired) electrons. The van der Waals surface area contributed by atoms with Crippen LogP contribution in [0, 0.1) is 5.92 Å². The van der Waals surface area contributed by atoms with Crippen LogP contribution < -0.4 is 0 Å². The molecular formula is C14H28. The first kappa shape index (κ1) is 12.1. The van der Waals surface area contributed by atoms with E-state index in [1.54, 1.807) is 0 Å². The highest BCUT2D eigenvalue weighted by Crippen LogP contribution is 2.26. The Balaban J connectivity index is 2.02. The second-order valence-electron chi connectivity index (χ2n) is 5.06. The minimum Gasteiger partial charge on any atom is -0.0654 e. The molecule has 0 heterocycles. The molecule has 0 aromatic carbocycles. The van der Waals surface area contributed by atoms with E-state index in [0.717, 1.165) is 5.92 Å². The first-order chi connectivity index (χ1) is 6.93. The van der Waals surface area contributed by atoms with E-state index in [0.29, 0.717) is 0 Å². The van der Waals surface area contributed by atoms with Crippen molar-refractivity contribution in [3.63, 3.8) is 0 Å². The molecule has 0 aromatic heterocycles. The predicted molar refractivity (Wildman–Crippen MR) is 64.6 cm³/mol. The Morgan fingerprint density at radius 2 is 1.43 bits per heavy atom. The highest BCUT2D eigenvalue weighted by atomic mass is 14.2. The predicted octanol–water partition coefficient (Wildman–Crippen LogP) is 5.32. The summed E-state index contributed by atoms with van der Waals surface area (Å²) < 4.78 is 0. The molecule has 0 nitrogen and oxygen atoms in total. The standard InChI is InChI=1S/C14H28/c1-2-3-4-8-11-14-12-9-6-5-7-10-13-14/h14H,2-13H2,1H3. The van der Waals surface area contributed by atoms with Gasteiger partial charge in [-0.05, 0) is 5.92 Å². The van der Waals surface area contributed by atoms with E-state index in [9.17, 15) is 0 Å². The molecule has 1 fully saturated rings. The van der Waals surface area contributed by atoms with Gasteiger partial charge in [-0.15, -0.1) is 0 Å². The van der Waals surface area contributed by atoms with Crippen molar-refractivity contribution in [3.8, 4) is 0 Å². The molecule has 84 valence electrons. The van der Waals surface area contributed by atoms with Crippen molar-refractivity contribution in [2.75, 3.05) is 0 Å². The van der Waals surface area contributed by atoms with Crippen LogP contribution in [0.15, 0.2) is 0 Å². The molecule has 0 aromatic rings. The average Bonchev–Trinajstić information content (AvgIpc) is 2.15. The van der Waals surface area contributed by atoms with Gasteiger partial charge in [0.25, 0.3) is 0 Å². The van der Waals surface area contributed by atoms with Crippen molar-refractivity contribution in [1.82, 2.24) is 0 Å². The number of hydrogen-bond donors (Lipinski definition) is 0. The number of unbranched alkanes of at least 4 members (excludes halogenated alkanes) is 3. The summed E-state index contributed by atoms with van der Waals surface area (Å²) in [7, 11) is 0. The van der Waals surface area contributed by atoms with Crippen LogP contribution in [0.25, 0.3) is 0 Å². The van der Waals surface area contributed by atoms with E-state index in [4.69, 9.17) is 0 Å². The highest BCUT2D eigenvalue weighted by Gasteiger charge is 2.10. The van der Waals surface area contributed by atoms with Crippen LogP contribution in [0.4, 0.5) is 0 Å². The van der Waals surface area contributed by atoms with Crippen LogP contribution in [-0.4, -0.2) is 0 Å². The maximum atomic E-state index is 2.30. The summed E-state index contributed by atoms with van der Waals surface area (Å²) in [4.78, 5) is 0. The molecule has 14 heavy (non-hydrogen) atoms. The molecule has 0 unspecified atom stereocenters. The van der Waals surface area contributed by atoms with Crippen molar-refractivity contribution < 1.29 is 0 Å². The zero-order chi connectivity index (χ0) is 10.1. The first-order valence-electron chi connectivity index (χ1n) is 6.93. The van der Waals surface area contributed by atoms with Gasteiger partial charge in [-0.25, -0.2) is 0 Å². The topological polar surface area (TPSA) is 0 Å². The van der Waals surface area contributed by atoms with Crippen LogP contribution in [0.2, 0.25) is 0 Å². The van der Waals surface area contributed by atoms with Crippen molar-refractivity contribution in [2.24, 2.45) is 5.92 Å². The van der Waals surface area contributed by atoms with Gasteiger partial charge in [0.1, 0.15) is 0 Å². The third-order valence-electron chi connectivity index (χ3n) is 3.69. The zero-order valence-corrected chi connectivity index (χ0v) is 10.1. The molecule has 0 amide bonds. The molecule has 1 rings (SSSR count). The Morgan fingerprint density at radius 1 is 0.786 bits per heavy atom. The normalized spacial score (nSPS) is 20.4. The van der Waals surface area contributed by atoms with Gasteiger partial charge in [0.05, 0.1) is 0 Å². The Labute approximate surface area is 90.5 Å². The quantitative estimate of drug-likeness (QED) is 0.522. The van der Waals surface area contributed by atoms with Gasteiger partial charge in [0, 0.05) is 0 Å². The van der Waals surface area contributed by atoms with Crippen molar-refractivity contribution in [3.05, 3.63) is 0 Å². The fourth-order valence-corrected chi connectivity index (χ4v) is 2.69. The Kier molecular flexibility index (Phi) is 7.17. The monoisotopic (exact) mass is 196 g/mol. The molecule has 0 spiro atoms. The molecule has 1 aliphatic carbocycles. The van der Waals surface area contributed by atoms with Gasteiger partial charge in [-0.2, -0.15) is 0 Å². The lowest BCUT2D eigenvalue weighted by atomic mass is 9.87. The second-order valence-corrected chi connectivity index (χ2v) is 5.06. The van der Waals surface area contributed by atoms with Gasteiger partial charge in [-0.1, -0.05) is 84.0 Å². The Bertz CT molecular complexity index is 109. The maximum Gasteiger partial charge on any atom is -0.0414 e. The summed E-state index contributed by atoms with van der Waals surface area (Å²) in [6.07, 6.45) is 17.9. The van der Waals surface area contributed by atoms with E-state index < -0.39 is 0 Å². The first-order valence-corrected chi connectivity index (χ1v) is 6.93. The van der Waals surface area contributed by atoms with Gasteiger partial charge in [0.2, 0.25) is 0 Å². The summed E-state index contributed by atoms with van der Waals surface area (Å²) in [5.41, 5.74) is 0. The summed E-state index contributed by atoms with van der Waals surface area (Å²) in [5.74, 6) is 1.09. The summed E-state index contributed by atoms with van der Waals surface area (Å²) in [6.45, 7) is 2.30. The lowest BCUT2D eigenvalue weighted by molar-refractivity contribution is 0.347. The largest absolute Gasteiger partial charge is 0.0654 e. The Morgan fingerprint density at radius 3 is 2.07 bits per heavy atom. The fraction of sp³-hybridized carbons (Fsp3) is 1.00. The molecular weight excluding hydrogens is 168 g/mol. The molecule has 0 aliphatic heterocycles. The smallest absolute Gasteiger partial charge is 0.0414 e. The van der Waals surface area contributed by atoms with Gasteiger partial charge in [0.15, 0.2) is 0 Å². The lowest BCUT2D eigenvalue weighted by Crippen LogP contribution is -2.03. The third-order valence-corrected chi connectivity index (χ3v) is 3.69. The fourth-order valence-electron chi connectivity index (χ4n) is 2.69. The third kappa shape index (κ3) is 5.67. The van der Waals surface area contributed by atoms with E-state index in [2.05, 4.69) is 6.92 Å². The van der Waals surface area contributed by atoms with E-state index in [-0.39, 0.29) is 0 Å². The molecule has 0 saturated heterocycles. The summed E-state index contributed by atoms with van der Waals surface area (Å²) >= 11 is 0. The Hall–Kier alpha value is 0. The summed E-state index contributed by atoms with van der Waals surface area (Å²) in [6, 6.07) is 0. The summed E-state index contributed by atoms with van der Waals surface area (Å²) in [5, 5.41) is 0. The molecule has 0 N–H and O–H groups in total. The molecule has 0 heteroatoms. The van der Waals surface area contributed by atoms with Crippen LogP contribution in [0.5, 0.6) is 0 Å². The highest BCUT2D eigenvalue weighted by molar-refractivity contribution is 4.63. The van der Waals surface area contributed by atoms with Crippen LogP contribution in [0.1, 0.15) is 84.0 Å². The number of hydrogen-bond acceptors (Lipinski definition) is 0. The number of rotatable bonds is 5. The zero-order valence-electron chi connectivity index (χ0n) is 10.1. The maximum absolute atomic E-state index is 2.30. The van der Waals surface area contributed by atoms with E-state index >= 15 is 0 Å². The second kappa shape index (κ2) is 8.32. The van der Waals surface area contributed by atoms with Crippen molar-refractivity contribution >= 4 is 0 Å². The average molecular weight is 196 g/mol.